The number of amides is 1. The summed E-state index contributed by atoms with van der Waals surface area (Å²) in [6.07, 6.45) is 1.21. The van der Waals surface area contributed by atoms with Crippen molar-refractivity contribution in [3.63, 3.8) is 0 Å². The zero-order chi connectivity index (χ0) is 12.5. The lowest BCUT2D eigenvalue weighted by Gasteiger charge is -2.35. The second-order valence-electron chi connectivity index (χ2n) is 4.58. The SMILES string of the molecule is CC(C(C)S(C)(=O)=O)N(C)C(=O)C1CNC1.Cl. The van der Waals surface area contributed by atoms with Crippen molar-refractivity contribution in [3.05, 3.63) is 0 Å². The lowest BCUT2D eigenvalue weighted by molar-refractivity contribution is -0.137. The number of rotatable bonds is 4. The van der Waals surface area contributed by atoms with Crippen LogP contribution in [0.25, 0.3) is 0 Å². The molecule has 0 radical (unpaired) electrons. The van der Waals surface area contributed by atoms with E-state index in [-0.39, 0.29) is 30.3 Å². The highest BCUT2D eigenvalue weighted by molar-refractivity contribution is 7.91. The number of hydrogen-bond acceptors (Lipinski definition) is 4. The molecule has 1 aliphatic heterocycles. The Morgan fingerprint density at radius 2 is 1.82 bits per heavy atom. The van der Waals surface area contributed by atoms with E-state index in [2.05, 4.69) is 5.32 Å². The average molecular weight is 285 g/mol. The van der Waals surface area contributed by atoms with Gasteiger partial charge in [0.05, 0.1) is 11.2 Å². The summed E-state index contributed by atoms with van der Waals surface area (Å²) >= 11 is 0. The second-order valence-corrected chi connectivity index (χ2v) is 6.98. The monoisotopic (exact) mass is 284 g/mol. The highest BCUT2D eigenvalue weighted by Crippen LogP contribution is 2.14. The second kappa shape index (κ2) is 6.02. The largest absolute Gasteiger partial charge is 0.341 e. The molecule has 1 saturated heterocycles. The molecule has 5 nitrogen and oxygen atoms in total. The third-order valence-corrected chi connectivity index (χ3v) is 5.19. The van der Waals surface area contributed by atoms with E-state index in [0.717, 1.165) is 0 Å². The summed E-state index contributed by atoms with van der Waals surface area (Å²) in [7, 11) is -1.43. The van der Waals surface area contributed by atoms with E-state index in [1.54, 1.807) is 25.8 Å². The molecule has 0 spiro atoms. The topological polar surface area (TPSA) is 66.5 Å². The third-order valence-electron chi connectivity index (χ3n) is 3.44. The molecular formula is C10H21ClN2O3S. The van der Waals surface area contributed by atoms with Gasteiger partial charge in [-0.1, -0.05) is 0 Å². The molecule has 0 bridgehead atoms. The van der Waals surface area contributed by atoms with Gasteiger partial charge >= 0.3 is 0 Å². The molecule has 1 aliphatic rings. The van der Waals surface area contributed by atoms with Gasteiger partial charge in [-0.25, -0.2) is 8.42 Å². The maximum atomic E-state index is 11.9. The Morgan fingerprint density at radius 3 is 2.12 bits per heavy atom. The van der Waals surface area contributed by atoms with E-state index in [1.165, 1.54) is 6.26 Å². The van der Waals surface area contributed by atoms with E-state index < -0.39 is 15.1 Å². The van der Waals surface area contributed by atoms with E-state index in [9.17, 15) is 13.2 Å². The highest BCUT2D eigenvalue weighted by Gasteiger charge is 2.33. The van der Waals surface area contributed by atoms with Crippen molar-refractivity contribution in [1.29, 1.82) is 0 Å². The van der Waals surface area contributed by atoms with Crippen LogP contribution in [-0.4, -0.2) is 56.9 Å². The molecule has 102 valence electrons. The van der Waals surface area contributed by atoms with Gasteiger partial charge in [0.1, 0.15) is 0 Å². The maximum absolute atomic E-state index is 11.9. The van der Waals surface area contributed by atoms with Gasteiger partial charge in [0.15, 0.2) is 9.84 Å². The summed E-state index contributed by atoms with van der Waals surface area (Å²) < 4.78 is 22.8. The molecular weight excluding hydrogens is 264 g/mol. The van der Waals surface area contributed by atoms with Crippen LogP contribution in [0.15, 0.2) is 0 Å². The highest BCUT2D eigenvalue weighted by atomic mass is 35.5. The number of nitrogens with zero attached hydrogens (tertiary/aromatic N) is 1. The minimum Gasteiger partial charge on any atom is -0.341 e. The molecule has 0 aromatic heterocycles. The molecule has 1 amide bonds. The van der Waals surface area contributed by atoms with Gasteiger partial charge in [0, 0.05) is 32.4 Å². The van der Waals surface area contributed by atoms with Crippen LogP contribution in [0.1, 0.15) is 13.8 Å². The van der Waals surface area contributed by atoms with Crippen molar-refractivity contribution < 1.29 is 13.2 Å². The van der Waals surface area contributed by atoms with Crippen molar-refractivity contribution in [2.24, 2.45) is 5.92 Å². The first-order chi connectivity index (χ1) is 7.25. The Hall–Kier alpha value is -0.330. The molecule has 1 rings (SSSR count). The molecule has 1 fully saturated rings. The van der Waals surface area contributed by atoms with Crippen LogP contribution in [0.4, 0.5) is 0 Å². The van der Waals surface area contributed by atoms with Gasteiger partial charge in [-0.3, -0.25) is 4.79 Å². The molecule has 1 heterocycles. The lowest BCUT2D eigenvalue weighted by atomic mass is 10.0. The molecule has 0 saturated carbocycles. The quantitative estimate of drug-likeness (QED) is 0.783. The fraction of sp³-hybridized carbons (Fsp3) is 0.900. The van der Waals surface area contributed by atoms with Crippen molar-refractivity contribution in [2.75, 3.05) is 26.4 Å². The van der Waals surface area contributed by atoms with Gasteiger partial charge in [0.25, 0.3) is 0 Å². The molecule has 0 aromatic carbocycles. The average Bonchev–Trinajstić information content (AvgIpc) is 2.10. The van der Waals surface area contributed by atoms with Gasteiger partial charge in [-0.05, 0) is 13.8 Å². The van der Waals surface area contributed by atoms with Crippen LogP contribution >= 0.6 is 12.4 Å². The minimum absolute atomic E-state index is 0. The normalized spacial score (nSPS) is 19.8. The summed E-state index contributed by atoms with van der Waals surface area (Å²) in [6.45, 7) is 4.81. The molecule has 2 unspecified atom stereocenters. The molecule has 0 aromatic rings. The fourth-order valence-corrected chi connectivity index (χ4v) is 2.52. The number of nitrogens with one attached hydrogen (secondary N) is 1. The summed E-state index contributed by atoms with van der Waals surface area (Å²) in [5, 5.41) is 2.50. The van der Waals surface area contributed by atoms with Crippen LogP contribution < -0.4 is 5.32 Å². The maximum Gasteiger partial charge on any atom is 0.228 e. The van der Waals surface area contributed by atoms with Gasteiger partial charge in [-0.2, -0.15) is 0 Å². The van der Waals surface area contributed by atoms with Crippen LogP contribution in [0, 0.1) is 5.92 Å². The van der Waals surface area contributed by atoms with Crippen molar-refractivity contribution in [2.45, 2.75) is 25.1 Å². The van der Waals surface area contributed by atoms with E-state index >= 15 is 0 Å². The summed E-state index contributed by atoms with van der Waals surface area (Å²) in [4.78, 5) is 13.4. The van der Waals surface area contributed by atoms with Crippen molar-refractivity contribution >= 4 is 28.2 Å². The summed E-state index contributed by atoms with van der Waals surface area (Å²) in [6, 6.07) is -0.289. The zero-order valence-electron chi connectivity index (χ0n) is 10.6. The standard InChI is InChI=1S/C10H20N2O3S.ClH/c1-7(8(2)16(4,14)15)12(3)10(13)9-5-11-6-9;/h7-9,11H,5-6H2,1-4H3;1H. The molecule has 2 atom stereocenters. The van der Waals surface area contributed by atoms with Gasteiger partial charge < -0.3 is 10.2 Å². The van der Waals surface area contributed by atoms with Crippen molar-refractivity contribution in [3.8, 4) is 0 Å². The number of carbonyl (C=O) groups excluding carboxylic acids is 1. The number of halogens is 1. The van der Waals surface area contributed by atoms with Gasteiger partial charge in [-0.15, -0.1) is 12.4 Å². The van der Waals surface area contributed by atoms with Crippen LogP contribution in [-0.2, 0) is 14.6 Å². The Balaban J connectivity index is 0.00000256. The first-order valence-electron chi connectivity index (χ1n) is 5.41. The summed E-state index contributed by atoms with van der Waals surface area (Å²) in [5.74, 6) is 0.0426. The van der Waals surface area contributed by atoms with Crippen LogP contribution in [0.5, 0.6) is 0 Å². The Morgan fingerprint density at radius 1 is 1.35 bits per heavy atom. The first-order valence-corrected chi connectivity index (χ1v) is 7.37. The molecule has 7 heteroatoms. The third kappa shape index (κ3) is 3.82. The predicted octanol–water partition coefficient (Wildman–Crippen LogP) is -0.0924. The predicted molar refractivity (Wildman–Crippen MR) is 70.1 cm³/mol. The molecule has 0 aliphatic carbocycles. The number of carbonyl (C=O) groups is 1. The van der Waals surface area contributed by atoms with Crippen molar-refractivity contribution in [1.82, 2.24) is 10.2 Å². The van der Waals surface area contributed by atoms with Crippen LogP contribution in [0.2, 0.25) is 0 Å². The smallest absolute Gasteiger partial charge is 0.228 e. The minimum atomic E-state index is -3.10. The first kappa shape index (κ1) is 16.7. The molecule has 17 heavy (non-hydrogen) atoms. The van der Waals surface area contributed by atoms with E-state index in [4.69, 9.17) is 0 Å². The Bertz CT molecular complexity index is 368. The summed E-state index contributed by atoms with van der Waals surface area (Å²) in [5.41, 5.74) is 0. The number of hydrogen-bond donors (Lipinski definition) is 1. The van der Waals surface area contributed by atoms with E-state index in [1.807, 2.05) is 0 Å². The Kier molecular flexibility index (Phi) is 5.90. The lowest BCUT2D eigenvalue weighted by Crippen LogP contribution is -2.54. The zero-order valence-corrected chi connectivity index (χ0v) is 12.3. The van der Waals surface area contributed by atoms with Crippen LogP contribution in [0.3, 0.4) is 0 Å². The number of sulfone groups is 1. The molecule has 1 N–H and O–H groups in total. The Labute approximate surface area is 109 Å². The fourth-order valence-electron chi connectivity index (χ4n) is 1.62. The van der Waals surface area contributed by atoms with Gasteiger partial charge in [0.2, 0.25) is 5.91 Å². The van der Waals surface area contributed by atoms with E-state index in [0.29, 0.717) is 13.1 Å².